The first-order valence-corrected chi connectivity index (χ1v) is 12.1. The molecule has 3 rings (SSSR count). The summed E-state index contributed by atoms with van der Waals surface area (Å²) >= 11 is 4.68. The van der Waals surface area contributed by atoms with Gasteiger partial charge in [-0.3, -0.25) is 9.59 Å². The van der Waals surface area contributed by atoms with Crippen molar-refractivity contribution in [1.82, 2.24) is 15.4 Å². The number of halogens is 1. The number of carbonyl (C=O) groups excluding carboxylic acids is 2. The van der Waals surface area contributed by atoms with E-state index in [2.05, 4.69) is 41.7 Å². The third-order valence-corrected chi connectivity index (χ3v) is 5.81. The first-order chi connectivity index (χ1) is 16.3. The summed E-state index contributed by atoms with van der Waals surface area (Å²) in [4.78, 5) is 32.7. The van der Waals surface area contributed by atoms with Crippen LogP contribution in [0.2, 0.25) is 0 Å². The van der Waals surface area contributed by atoms with E-state index in [0.717, 1.165) is 22.5 Å². The lowest BCUT2D eigenvalue weighted by Gasteiger charge is -2.09. The molecule has 0 radical (unpaired) electrons. The summed E-state index contributed by atoms with van der Waals surface area (Å²) in [6.07, 6.45) is 1.52. The third-order valence-electron chi connectivity index (χ3n) is 4.35. The number of nitrogens with zero attached hydrogens (tertiary/aromatic N) is 3. The van der Waals surface area contributed by atoms with Gasteiger partial charge in [0, 0.05) is 17.1 Å². The molecular weight excluding hydrogens is 518 g/mol. The molecule has 0 unspecified atom stereocenters. The first-order valence-electron chi connectivity index (χ1n) is 10.3. The van der Waals surface area contributed by atoms with Gasteiger partial charge in [-0.25, -0.2) is 15.4 Å². The van der Waals surface area contributed by atoms with E-state index >= 15 is 0 Å². The highest BCUT2D eigenvalue weighted by Crippen LogP contribution is 2.25. The number of aryl methyl sites for hydroxylation is 3. The van der Waals surface area contributed by atoms with Crippen LogP contribution in [0.15, 0.2) is 63.3 Å². The van der Waals surface area contributed by atoms with Crippen LogP contribution in [-0.2, 0) is 9.59 Å². The Bertz CT molecular complexity index is 1180. The number of hydrogen-bond donors (Lipinski definition) is 2. The molecule has 0 saturated carbocycles. The van der Waals surface area contributed by atoms with Crippen molar-refractivity contribution in [2.24, 2.45) is 5.10 Å². The maximum Gasteiger partial charge on any atom is 0.262 e. The van der Waals surface area contributed by atoms with E-state index in [4.69, 9.17) is 4.74 Å². The van der Waals surface area contributed by atoms with Gasteiger partial charge in [0.15, 0.2) is 11.8 Å². The molecule has 8 nitrogen and oxygen atoms in total. The van der Waals surface area contributed by atoms with Crippen LogP contribution in [0.25, 0.3) is 0 Å². The molecule has 34 heavy (non-hydrogen) atoms. The van der Waals surface area contributed by atoms with Gasteiger partial charge in [-0.15, -0.1) is 0 Å². The molecule has 176 valence electrons. The summed E-state index contributed by atoms with van der Waals surface area (Å²) in [7, 11) is 0. The highest BCUT2D eigenvalue weighted by Gasteiger charge is 2.08. The van der Waals surface area contributed by atoms with Crippen LogP contribution in [0.3, 0.4) is 0 Å². The second-order valence-corrected chi connectivity index (χ2v) is 9.20. The van der Waals surface area contributed by atoms with Crippen molar-refractivity contribution in [2.45, 2.75) is 25.9 Å². The van der Waals surface area contributed by atoms with Gasteiger partial charge in [-0.2, -0.15) is 5.10 Å². The van der Waals surface area contributed by atoms with Crippen LogP contribution in [-0.4, -0.2) is 40.4 Å². The molecule has 0 bridgehead atoms. The molecule has 0 aliphatic rings. The number of aromatic nitrogens is 2. The molecule has 3 aromatic rings. The van der Waals surface area contributed by atoms with E-state index in [0.29, 0.717) is 21.1 Å². The SMILES string of the molecule is Cc1ccc(NC(=O)COc2ccc(/C=N\NC(=O)CSc3nc(C)cc(C)n3)cc2Br)cc1. The molecule has 0 fully saturated rings. The maximum atomic E-state index is 12.1. The number of hydrogen-bond acceptors (Lipinski definition) is 7. The quantitative estimate of drug-likeness (QED) is 0.180. The summed E-state index contributed by atoms with van der Waals surface area (Å²) in [6, 6.07) is 14.7. The van der Waals surface area contributed by atoms with E-state index < -0.39 is 0 Å². The van der Waals surface area contributed by atoms with Gasteiger partial charge in [0.2, 0.25) is 0 Å². The van der Waals surface area contributed by atoms with E-state index in [9.17, 15) is 9.59 Å². The Morgan fingerprint density at radius 1 is 1.03 bits per heavy atom. The summed E-state index contributed by atoms with van der Waals surface area (Å²) in [5.74, 6) is 0.155. The molecule has 0 aliphatic heterocycles. The minimum atomic E-state index is -0.261. The average Bonchev–Trinajstić information content (AvgIpc) is 2.78. The number of nitrogens with one attached hydrogen (secondary N) is 2. The van der Waals surface area contributed by atoms with Crippen molar-refractivity contribution in [3.05, 3.63) is 75.5 Å². The minimum Gasteiger partial charge on any atom is -0.483 e. The van der Waals surface area contributed by atoms with Crippen LogP contribution in [0.1, 0.15) is 22.5 Å². The zero-order valence-corrected chi connectivity index (χ0v) is 21.4. The van der Waals surface area contributed by atoms with Gasteiger partial charge < -0.3 is 10.1 Å². The molecule has 2 aromatic carbocycles. The topological polar surface area (TPSA) is 106 Å². The minimum absolute atomic E-state index is 0.127. The Labute approximate surface area is 210 Å². The molecule has 1 aromatic heterocycles. The van der Waals surface area contributed by atoms with Gasteiger partial charge in [0.1, 0.15) is 5.75 Å². The Morgan fingerprint density at radius 3 is 2.41 bits per heavy atom. The molecule has 0 atom stereocenters. The third kappa shape index (κ3) is 8.27. The van der Waals surface area contributed by atoms with Gasteiger partial charge >= 0.3 is 0 Å². The molecule has 2 N–H and O–H groups in total. The Hall–Kier alpha value is -3.24. The summed E-state index contributed by atoms with van der Waals surface area (Å²) in [5, 5.41) is 7.33. The number of hydrazone groups is 1. The van der Waals surface area contributed by atoms with E-state index in [-0.39, 0.29) is 24.2 Å². The molecule has 0 aliphatic carbocycles. The molecular formula is C24H24BrN5O3S. The molecule has 10 heteroatoms. The lowest BCUT2D eigenvalue weighted by molar-refractivity contribution is -0.119. The van der Waals surface area contributed by atoms with Crippen LogP contribution in [0.5, 0.6) is 5.75 Å². The van der Waals surface area contributed by atoms with Crippen LogP contribution in [0.4, 0.5) is 5.69 Å². The van der Waals surface area contributed by atoms with Crippen LogP contribution in [0, 0.1) is 20.8 Å². The summed E-state index contributed by atoms with van der Waals surface area (Å²) in [5.41, 5.74) is 6.78. The lowest BCUT2D eigenvalue weighted by Crippen LogP contribution is -2.20. The monoisotopic (exact) mass is 541 g/mol. The van der Waals surface area contributed by atoms with Crippen molar-refractivity contribution in [1.29, 1.82) is 0 Å². The lowest BCUT2D eigenvalue weighted by atomic mass is 10.2. The number of thioether (sulfide) groups is 1. The largest absolute Gasteiger partial charge is 0.483 e. The zero-order chi connectivity index (χ0) is 24.5. The fourth-order valence-electron chi connectivity index (χ4n) is 2.79. The van der Waals surface area contributed by atoms with Crippen molar-refractivity contribution >= 4 is 51.4 Å². The highest BCUT2D eigenvalue weighted by atomic mass is 79.9. The second-order valence-electron chi connectivity index (χ2n) is 7.41. The fourth-order valence-corrected chi connectivity index (χ4v) is 4.04. The summed E-state index contributed by atoms with van der Waals surface area (Å²) in [6.45, 7) is 5.63. The van der Waals surface area contributed by atoms with E-state index in [1.54, 1.807) is 18.2 Å². The summed E-state index contributed by atoms with van der Waals surface area (Å²) < 4.78 is 6.26. The van der Waals surface area contributed by atoms with Crippen LogP contribution >= 0.6 is 27.7 Å². The normalized spacial score (nSPS) is 10.8. The Kier molecular flexibility index (Phi) is 9.17. The van der Waals surface area contributed by atoms with Gasteiger partial charge in [0.05, 0.1) is 16.4 Å². The predicted octanol–water partition coefficient (Wildman–Crippen LogP) is 4.42. The first kappa shape index (κ1) is 25.4. The van der Waals surface area contributed by atoms with Crippen molar-refractivity contribution in [3.63, 3.8) is 0 Å². The smallest absolute Gasteiger partial charge is 0.262 e. The van der Waals surface area contributed by atoms with E-state index in [1.165, 1.54) is 18.0 Å². The Morgan fingerprint density at radius 2 is 1.74 bits per heavy atom. The number of anilines is 1. The standard InChI is InChI=1S/C24H24BrN5O3S/c1-15-4-7-19(8-5-15)29-22(31)13-33-21-9-6-18(11-20(21)25)12-26-30-23(32)14-34-24-27-16(2)10-17(3)28-24/h4-12H,13-14H2,1-3H3,(H,29,31)(H,30,32)/b26-12-. The van der Waals surface area contributed by atoms with Gasteiger partial charge in [0.25, 0.3) is 11.8 Å². The zero-order valence-electron chi connectivity index (χ0n) is 19.0. The number of ether oxygens (including phenoxy) is 1. The number of benzene rings is 2. The molecule has 1 heterocycles. The molecule has 0 saturated heterocycles. The highest BCUT2D eigenvalue weighted by molar-refractivity contribution is 9.10. The van der Waals surface area contributed by atoms with Gasteiger partial charge in [-0.1, -0.05) is 29.5 Å². The molecule has 0 spiro atoms. The Balaban J connectivity index is 1.45. The number of rotatable bonds is 9. The maximum absolute atomic E-state index is 12.1. The molecule has 2 amide bonds. The van der Waals surface area contributed by atoms with Crippen LogP contribution < -0.4 is 15.5 Å². The fraction of sp³-hybridized carbons (Fsp3) is 0.208. The average molecular weight is 542 g/mol. The second kappa shape index (κ2) is 12.3. The predicted molar refractivity (Wildman–Crippen MR) is 137 cm³/mol. The van der Waals surface area contributed by atoms with E-state index in [1.807, 2.05) is 51.1 Å². The van der Waals surface area contributed by atoms with Crippen molar-refractivity contribution < 1.29 is 14.3 Å². The number of amides is 2. The van der Waals surface area contributed by atoms with Crippen molar-refractivity contribution in [3.8, 4) is 5.75 Å². The van der Waals surface area contributed by atoms with Gasteiger partial charge in [-0.05, 0) is 78.7 Å². The van der Waals surface area contributed by atoms with Crippen molar-refractivity contribution in [2.75, 3.05) is 17.7 Å². The number of carbonyl (C=O) groups is 2.